The number of sulfonamides is 1. The van der Waals surface area contributed by atoms with Crippen LogP contribution in [-0.4, -0.2) is 30.0 Å². The molecule has 0 unspecified atom stereocenters. The van der Waals surface area contributed by atoms with Gasteiger partial charge >= 0.3 is 0 Å². The lowest BCUT2D eigenvalue weighted by atomic mass is 10.2. The van der Waals surface area contributed by atoms with Crippen molar-refractivity contribution < 1.29 is 18.0 Å². The van der Waals surface area contributed by atoms with E-state index < -0.39 is 15.9 Å². The minimum absolute atomic E-state index is 0.0625. The maximum absolute atomic E-state index is 12.7. The molecule has 9 nitrogen and oxygen atoms in total. The zero-order valence-electron chi connectivity index (χ0n) is 16.4. The van der Waals surface area contributed by atoms with Crippen molar-refractivity contribution in [1.82, 2.24) is 9.78 Å². The van der Waals surface area contributed by atoms with Crippen molar-refractivity contribution in [2.75, 3.05) is 10.6 Å². The van der Waals surface area contributed by atoms with Crippen LogP contribution in [0.1, 0.15) is 24.3 Å². The van der Waals surface area contributed by atoms with Gasteiger partial charge in [-0.15, -0.1) is 0 Å². The number of carbonyl (C=O) groups is 2. The summed E-state index contributed by atoms with van der Waals surface area (Å²) in [4.78, 5) is 24.8. The topological polar surface area (TPSA) is 136 Å². The van der Waals surface area contributed by atoms with Crippen LogP contribution in [0.2, 0.25) is 0 Å². The summed E-state index contributed by atoms with van der Waals surface area (Å²) in [6, 6.07) is 16.0. The van der Waals surface area contributed by atoms with E-state index >= 15 is 0 Å². The van der Waals surface area contributed by atoms with Crippen molar-refractivity contribution in [2.45, 2.75) is 18.7 Å². The van der Waals surface area contributed by atoms with E-state index in [1.807, 2.05) is 18.2 Å². The number of hydrogen-bond acceptors (Lipinski definition) is 5. The highest BCUT2D eigenvalue weighted by Crippen LogP contribution is 2.20. The number of aromatic nitrogens is 2. The molecule has 0 saturated carbocycles. The minimum Gasteiger partial charge on any atom is -0.321 e. The molecule has 30 heavy (non-hydrogen) atoms. The average molecular weight is 427 g/mol. The van der Waals surface area contributed by atoms with E-state index in [4.69, 9.17) is 5.14 Å². The standard InChI is InChI=1S/C20H21N5O4S/c1-13(2)19(26)23-18-12-17(24-25(18)15-6-4-3-5-7-15)20(27)22-14-8-10-16(11-9-14)30(21,28)29/h3-13H,1-2H3,(H,22,27)(H,23,26)(H2,21,28,29). The van der Waals surface area contributed by atoms with Gasteiger partial charge in [0.2, 0.25) is 15.9 Å². The number of hydrogen-bond donors (Lipinski definition) is 3. The van der Waals surface area contributed by atoms with E-state index in [2.05, 4.69) is 15.7 Å². The Morgan fingerprint density at radius 3 is 2.20 bits per heavy atom. The van der Waals surface area contributed by atoms with Crippen LogP contribution < -0.4 is 15.8 Å². The van der Waals surface area contributed by atoms with Gasteiger partial charge in [0, 0.05) is 17.7 Å². The normalized spacial score (nSPS) is 11.3. The third kappa shape index (κ3) is 4.91. The Kier molecular flexibility index (Phi) is 5.99. The molecule has 2 aromatic carbocycles. The number of amides is 2. The van der Waals surface area contributed by atoms with Crippen molar-refractivity contribution in [1.29, 1.82) is 0 Å². The van der Waals surface area contributed by atoms with Gasteiger partial charge in [-0.05, 0) is 36.4 Å². The molecule has 0 radical (unpaired) electrons. The molecule has 4 N–H and O–H groups in total. The fourth-order valence-electron chi connectivity index (χ4n) is 2.54. The molecule has 0 spiro atoms. The molecule has 0 aliphatic carbocycles. The summed E-state index contributed by atoms with van der Waals surface area (Å²) in [5, 5.41) is 14.8. The molecule has 0 saturated heterocycles. The molecule has 0 atom stereocenters. The second-order valence-electron chi connectivity index (χ2n) is 6.83. The van der Waals surface area contributed by atoms with Gasteiger partial charge in [0.25, 0.3) is 5.91 Å². The number of nitrogens with one attached hydrogen (secondary N) is 2. The first-order valence-corrected chi connectivity index (χ1v) is 10.6. The van der Waals surface area contributed by atoms with E-state index in [1.54, 1.807) is 26.0 Å². The molecule has 0 aliphatic rings. The predicted octanol–water partition coefficient (Wildman–Crippen LogP) is 2.37. The largest absolute Gasteiger partial charge is 0.321 e. The van der Waals surface area contributed by atoms with Crippen molar-refractivity contribution in [3.63, 3.8) is 0 Å². The summed E-state index contributed by atoms with van der Waals surface area (Å²) in [6.07, 6.45) is 0. The van der Waals surface area contributed by atoms with Gasteiger partial charge in [0.05, 0.1) is 10.6 Å². The number of primary sulfonamides is 1. The third-order valence-corrected chi connectivity index (χ3v) is 5.09. The Morgan fingerprint density at radius 2 is 1.63 bits per heavy atom. The Labute approximate surface area is 174 Å². The molecule has 2 amide bonds. The Bertz CT molecular complexity index is 1170. The maximum Gasteiger partial charge on any atom is 0.276 e. The average Bonchev–Trinajstić information content (AvgIpc) is 3.12. The van der Waals surface area contributed by atoms with E-state index in [1.165, 1.54) is 35.0 Å². The number of nitrogens with two attached hydrogens (primary N) is 1. The van der Waals surface area contributed by atoms with Gasteiger partial charge in [0.1, 0.15) is 5.82 Å². The van der Waals surface area contributed by atoms with Gasteiger partial charge in [-0.2, -0.15) is 5.10 Å². The van der Waals surface area contributed by atoms with Crippen molar-refractivity contribution >= 4 is 33.3 Å². The lowest BCUT2D eigenvalue weighted by molar-refractivity contribution is -0.118. The molecule has 156 valence electrons. The summed E-state index contributed by atoms with van der Waals surface area (Å²) in [7, 11) is -3.82. The number of rotatable bonds is 6. The van der Waals surface area contributed by atoms with Crippen molar-refractivity contribution in [2.24, 2.45) is 11.1 Å². The molecule has 3 rings (SSSR count). The molecular weight excluding hydrogens is 406 g/mol. The number of anilines is 2. The molecule has 10 heteroatoms. The number of carbonyl (C=O) groups excluding carboxylic acids is 2. The molecule has 0 aliphatic heterocycles. The molecule has 1 heterocycles. The Hall–Kier alpha value is -3.50. The van der Waals surface area contributed by atoms with Gasteiger partial charge in [-0.1, -0.05) is 32.0 Å². The second-order valence-corrected chi connectivity index (χ2v) is 8.39. The number of benzene rings is 2. The zero-order valence-corrected chi connectivity index (χ0v) is 17.2. The van der Waals surface area contributed by atoms with Crippen LogP contribution in [0.25, 0.3) is 5.69 Å². The third-order valence-electron chi connectivity index (χ3n) is 4.16. The quantitative estimate of drug-likeness (QED) is 0.555. The molecule has 1 aromatic heterocycles. The maximum atomic E-state index is 12.7. The summed E-state index contributed by atoms with van der Waals surface area (Å²) < 4.78 is 24.2. The van der Waals surface area contributed by atoms with Crippen molar-refractivity contribution in [3.8, 4) is 5.69 Å². The predicted molar refractivity (Wildman–Crippen MR) is 113 cm³/mol. The van der Waals surface area contributed by atoms with Crippen LogP contribution in [0.15, 0.2) is 65.6 Å². The lowest BCUT2D eigenvalue weighted by Gasteiger charge is -2.10. The first kappa shape index (κ1) is 21.2. The van der Waals surface area contributed by atoms with E-state index in [-0.39, 0.29) is 22.4 Å². The zero-order chi connectivity index (χ0) is 21.9. The summed E-state index contributed by atoms with van der Waals surface area (Å²) >= 11 is 0. The number of nitrogens with zero attached hydrogens (tertiary/aromatic N) is 2. The van der Waals surface area contributed by atoms with Crippen LogP contribution in [0.5, 0.6) is 0 Å². The molecule has 3 aromatic rings. The lowest BCUT2D eigenvalue weighted by Crippen LogP contribution is -2.19. The van der Waals surface area contributed by atoms with Gasteiger partial charge in [-0.25, -0.2) is 18.2 Å². The number of para-hydroxylation sites is 1. The van der Waals surface area contributed by atoms with Crippen LogP contribution >= 0.6 is 0 Å². The second kappa shape index (κ2) is 8.47. The fraction of sp³-hybridized carbons (Fsp3) is 0.150. The SMILES string of the molecule is CC(C)C(=O)Nc1cc(C(=O)Nc2ccc(S(N)(=O)=O)cc2)nn1-c1ccccc1. The Balaban J connectivity index is 1.88. The van der Waals surface area contributed by atoms with E-state index in [0.29, 0.717) is 17.2 Å². The summed E-state index contributed by atoms with van der Waals surface area (Å²) in [6.45, 7) is 3.52. The highest BCUT2D eigenvalue weighted by Gasteiger charge is 2.18. The minimum atomic E-state index is -3.82. The highest BCUT2D eigenvalue weighted by molar-refractivity contribution is 7.89. The van der Waals surface area contributed by atoms with Crippen LogP contribution in [0.3, 0.4) is 0 Å². The van der Waals surface area contributed by atoms with Crippen LogP contribution in [0.4, 0.5) is 11.5 Å². The highest BCUT2D eigenvalue weighted by atomic mass is 32.2. The summed E-state index contributed by atoms with van der Waals surface area (Å²) in [5.74, 6) is -0.626. The fourth-order valence-corrected chi connectivity index (χ4v) is 3.06. The van der Waals surface area contributed by atoms with Gasteiger partial charge in [-0.3, -0.25) is 9.59 Å². The molecular formula is C20H21N5O4S. The first-order valence-electron chi connectivity index (χ1n) is 9.06. The van der Waals surface area contributed by atoms with E-state index in [9.17, 15) is 18.0 Å². The molecule has 0 fully saturated rings. The van der Waals surface area contributed by atoms with Crippen molar-refractivity contribution in [3.05, 3.63) is 66.4 Å². The van der Waals surface area contributed by atoms with Gasteiger partial charge in [0.15, 0.2) is 5.69 Å². The van der Waals surface area contributed by atoms with E-state index in [0.717, 1.165) is 0 Å². The van der Waals surface area contributed by atoms with Gasteiger partial charge < -0.3 is 10.6 Å². The van der Waals surface area contributed by atoms with Crippen LogP contribution in [-0.2, 0) is 14.8 Å². The summed E-state index contributed by atoms with van der Waals surface area (Å²) in [5.41, 5.74) is 1.12. The monoisotopic (exact) mass is 427 g/mol. The van der Waals surface area contributed by atoms with Crippen LogP contribution in [0, 0.1) is 5.92 Å². The first-order chi connectivity index (χ1) is 14.1. The smallest absolute Gasteiger partial charge is 0.276 e. The molecule has 0 bridgehead atoms. The Morgan fingerprint density at radius 1 is 1.00 bits per heavy atom.